The van der Waals surface area contributed by atoms with Crippen LogP contribution in [-0.4, -0.2) is 28.0 Å². The second kappa shape index (κ2) is 8.94. The van der Waals surface area contributed by atoms with Crippen LogP contribution in [0.15, 0.2) is 65.6 Å². The van der Waals surface area contributed by atoms with Crippen molar-refractivity contribution in [3.05, 3.63) is 87.9 Å². The summed E-state index contributed by atoms with van der Waals surface area (Å²) < 4.78 is 33.0. The van der Waals surface area contributed by atoms with Gasteiger partial charge in [0.2, 0.25) is 10.0 Å². The number of methoxy groups -OCH3 is 1. The molecule has 3 aromatic carbocycles. The first kappa shape index (κ1) is 22.3. The first-order valence-corrected chi connectivity index (χ1v) is 12.0. The summed E-state index contributed by atoms with van der Waals surface area (Å²) in [6, 6.07) is 17.5. The van der Waals surface area contributed by atoms with Gasteiger partial charge in [-0.25, -0.2) is 13.1 Å². The molecule has 0 radical (unpaired) electrons. The molecule has 1 aliphatic heterocycles. The standard InChI is InChI=1S/C24H23ClN2O4S/c1-16-3-6-18(7-4-16)24(28)27-12-11-19-13-17(5-9-22(19)27)15-26-32(29,30)20-8-10-23(31-2)21(25)14-20/h3-10,13-14,26H,11-12,15H2,1-2H3. The molecule has 1 heterocycles. The number of benzene rings is 3. The third kappa shape index (κ3) is 4.50. The van der Waals surface area contributed by atoms with E-state index in [1.165, 1.54) is 25.3 Å². The van der Waals surface area contributed by atoms with E-state index < -0.39 is 10.0 Å². The zero-order valence-electron chi connectivity index (χ0n) is 17.8. The second-order valence-electron chi connectivity index (χ2n) is 7.66. The molecule has 4 rings (SSSR count). The van der Waals surface area contributed by atoms with E-state index in [4.69, 9.17) is 16.3 Å². The zero-order valence-corrected chi connectivity index (χ0v) is 19.3. The van der Waals surface area contributed by atoms with Crippen LogP contribution in [0.25, 0.3) is 0 Å². The number of carbonyl (C=O) groups is 1. The Morgan fingerprint density at radius 2 is 1.84 bits per heavy atom. The van der Waals surface area contributed by atoms with Gasteiger partial charge in [-0.3, -0.25) is 4.79 Å². The molecule has 6 nitrogen and oxygen atoms in total. The van der Waals surface area contributed by atoms with Crippen molar-refractivity contribution in [2.24, 2.45) is 0 Å². The molecule has 1 amide bonds. The molecule has 1 N–H and O–H groups in total. The van der Waals surface area contributed by atoms with Crippen molar-refractivity contribution in [1.82, 2.24) is 4.72 Å². The second-order valence-corrected chi connectivity index (χ2v) is 9.83. The number of fused-ring (bicyclic) bond motifs is 1. The number of halogens is 1. The molecule has 0 fully saturated rings. The fourth-order valence-electron chi connectivity index (χ4n) is 3.70. The average molecular weight is 471 g/mol. The van der Waals surface area contributed by atoms with Crippen LogP contribution in [0.3, 0.4) is 0 Å². The molecule has 0 bridgehead atoms. The number of carbonyl (C=O) groups excluding carboxylic acids is 1. The van der Waals surface area contributed by atoms with Crippen LogP contribution < -0.4 is 14.4 Å². The van der Waals surface area contributed by atoms with Gasteiger partial charge in [0, 0.05) is 24.3 Å². The van der Waals surface area contributed by atoms with E-state index >= 15 is 0 Å². The highest BCUT2D eigenvalue weighted by atomic mass is 35.5. The molecule has 32 heavy (non-hydrogen) atoms. The van der Waals surface area contributed by atoms with Crippen molar-refractivity contribution in [3.63, 3.8) is 0 Å². The number of amides is 1. The lowest BCUT2D eigenvalue weighted by molar-refractivity contribution is 0.0989. The Morgan fingerprint density at radius 3 is 2.53 bits per heavy atom. The van der Waals surface area contributed by atoms with Gasteiger partial charge in [0.1, 0.15) is 5.75 Å². The first-order chi connectivity index (χ1) is 15.3. The Bertz CT molecular complexity index is 1270. The molecule has 1 aliphatic rings. The normalized spacial score (nSPS) is 13.2. The van der Waals surface area contributed by atoms with Crippen molar-refractivity contribution in [1.29, 1.82) is 0 Å². The highest BCUT2D eigenvalue weighted by Gasteiger charge is 2.26. The molecule has 8 heteroatoms. The predicted molar refractivity (Wildman–Crippen MR) is 125 cm³/mol. The monoisotopic (exact) mass is 470 g/mol. The number of hydrogen-bond donors (Lipinski definition) is 1. The summed E-state index contributed by atoms with van der Waals surface area (Å²) in [7, 11) is -2.27. The quantitative estimate of drug-likeness (QED) is 0.581. The topological polar surface area (TPSA) is 75.7 Å². The third-order valence-electron chi connectivity index (χ3n) is 5.48. The fraction of sp³-hybridized carbons (Fsp3) is 0.208. The number of sulfonamides is 1. The third-order valence-corrected chi connectivity index (χ3v) is 7.18. The number of ether oxygens (including phenoxy) is 1. The van der Waals surface area contributed by atoms with Crippen LogP contribution in [0.2, 0.25) is 5.02 Å². The molecule has 0 spiro atoms. The first-order valence-electron chi connectivity index (χ1n) is 10.1. The van der Waals surface area contributed by atoms with E-state index in [1.54, 1.807) is 4.90 Å². The van der Waals surface area contributed by atoms with Gasteiger partial charge in [-0.05, 0) is 60.9 Å². The SMILES string of the molecule is COc1ccc(S(=O)(=O)NCc2ccc3c(c2)CCN3C(=O)c2ccc(C)cc2)cc1Cl. The lowest BCUT2D eigenvalue weighted by Crippen LogP contribution is -2.28. The molecule has 0 saturated heterocycles. The smallest absolute Gasteiger partial charge is 0.258 e. The van der Waals surface area contributed by atoms with E-state index in [0.29, 0.717) is 17.9 Å². The van der Waals surface area contributed by atoms with Crippen molar-refractivity contribution in [2.45, 2.75) is 24.8 Å². The lowest BCUT2D eigenvalue weighted by Gasteiger charge is -2.18. The molecule has 3 aromatic rings. The van der Waals surface area contributed by atoms with Crippen LogP contribution in [0.4, 0.5) is 5.69 Å². The van der Waals surface area contributed by atoms with Crippen molar-refractivity contribution in [2.75, 3.05) is 18.6 Å². The lowest BCUT2D eigenvalue weighted by atomic mass is 10.1. The highest BCUT2D eigenvalue weighted by molar-refractivity contribution is 7.89. The van der Waals surface area contributed by atoms with Gasteiger partial charge in [-0.1, -0.05) is 41.4 Å². The molecule has 0 atom stereocenters. The Balaban J connectivity index is 1.47. The predicted octanol–water partition coefficient (Wildman–Crippen LogP) is 4.34. The van der Waals surface area contributed by atoms with Crippen LogP contribution in [0, 0.1) is 6.92 Å². The van der Waals surface area contributed by atoms with Crippen LogP contribution >= 0.6 is 11.6 Å². The minimum atomic E-state index is -3.74. The Labute approximate surface area is 192 Å². The van der Waals surface area contributed by atoms with Crippen molar-refractivity contribution in [3.8, 4) is 5.75 Å². The Kier molecular flexibility index (Phi) is 6.24. The maximum Gasteiger partial charge on any atom is 0.258 e. The number of rotatable bonds is 6. The number of hydrogen-bond acceptors (Lipinski definition) is 4. The van der Waals surface area contributed by atoms with Crippen molar-refractivity contribution >= 4 is 33.2 Å². The molecule has 0 aliphatic carbocycles. The number of nitrogens with one attached hydrogen (secondary N) is 1. The molecule has 0 unspecified atom stereocenters. The van der Waals surface area contributed by atoms with Crippen molar-refractivity contribution < 1.29 is 17.9 Å². The zero-order chi connectivity index (χ0) is 22.9. The van der Waals surface area contributed by atoms with Gasteiger partial charge in [-0.2, -0.15) is 0 Å². The summed E-state index contributed by atoms with van der Waals surface area (Å²) in [5.74, 6) is 0.377. The Morgan fingerprint density at radius 1 is 1.09 bits per heavy atom. The van der Waals surface area contributed by atoms with E-state index in [0.717, 1.165) is 28.8 Å². The fourth-order valence-corrected chi connectivity index (χ4v) is 5.07. The van der Waals surface area contributed by atoms with Gasteiger partial charge in [-0.15, -0.1) is 0 Å². The molecular formula is C24H23ClN2O4S. The molecule has 166 valence electrons. The largest absolute Gasteiger partial charge is 0.495 e. The molecule has 0 saturated carbocycles. The van der Waals surface area contributed by atoms with E-state index in [-0.39, 0.29) is 22.4 Å². The minimum absolute atomic E-state index is 0.0337. The van der Waals surface area contributed by atoms with Gasteiger partial charge >= 0.3 is 0 Å². The minimum Gasteiger partial charge on any atom is -0.495 e. The average Bonchev–Trinajstić information content (AvgIpc) is 3.21. The van der Waals surface area contributed by atoms with E-state index in [2.05, 4.69) is 4.72 Å². The van der Waals surface area contributed by atoms with Gasteiger partial charge < -0.3 is 9.64 Å². The summed E-state index contributed by atoms with van der Waals surface area (Å²) in [6.45, 7) is 2.71. The maximum absolute atomic E-state index is 12.9. The van der Waals surface area contributed by atoms with E-state index in [1.807, 2.05) is 49.4 Å². The van der Waals surface area contributed by atoms with Crippen LogP contribution in [0.1, 0.15) is 27.0 Å². The van der Waals surface area contributed by atoms with E-state index in [9.17, 15) is 13.2 Å². The molecular weight excluding hydrogens is 448 g/mol. The van der Waals surface area contributed by atoms with Crippen LogP contribution in [-0.2, 0) is 23.0 Å². The van der Waals surface area contributed by atoms with Gasteiger partial charge in [0.15, 0.2) is 0 Å². The maximum atomic E-state index is 12.9. The number of anilines is 1. The summed E-state index contributed by atoms with van der Waals surface area (Å²) >= 11 is 6.06. The van der Waals surface area contributed by atoms with Gasteiger partial charge in [0.05, 0.1) is 17.0 Å². The Hall–Kier alpha value is -2.87. The summed E-state index contributed by atoms with van der Waals surface area (Å²) in [5.41, 5.74) is 4.46. The van der Waals surface area contributed by atoms with Crippen LogP contribution in [0.5, 0.6) is 5.75 Å². The highest BCUT2D eigenvalue weighted by Crippen LogP contribution is 2.31. The van der Waals surface area contributed by atoms with Gasteiger partial charge in [0.25, 0.3) is 5.91 Å². The summed E-state index contributed by atoms with van der Waals surface area (Å²) in [6.07, 6.45) is 0.724. The molecule has 0 aromatic heterocycles. The number of nitrogens with zero attached hydrogens (tertiary/aromatic N) is 1. The summed E-state index contributed by atoms with van der Waals surface area (Å²) in [4.78, 5) is 14.7. The summed E-state index contributed by atoms with van der Waals surface area (Å²) in [5, 5.41) is 0.228. The number of aryl methyl sites for hydroxylation is 1.